The maximum atomic E-state index is 9.88. The van der Waals surface area contributed by atoms with Crippen molar-refractivity contribution >= 4 is 6.09 Å². The second-order valence-corrected chi connectivity index (χ2v) is 0.754. The first kappa shape index (κ1) is 5.97. The molecule has 0 aromatic heterocycles. The van der Waals surface area contributed by atoms with E-state index in [1.165, 1.54) is 6.20 Å². The van der Waals surface area contributed by atoms with Crippen LogP contribution in [0.15, 0.2) is 12.8 Å². The lowest BCUT2D eigenvalue weighted by Crippen LogP contribution is -2.21. The van der Waals surface area contributed by atoms with E-state index < -0.39 is 6.09 Å². The fourth-order valence-corrected chi connectivity index (χ4v) is 0.117. The molecule has 0 saturated heterocycles. The Kier molecular flexibility index (Phi) is 2.70. The molecule has 0 bridgehead atoms. The van der Waals surface area contributed by atoms with Crippen molar-refractivity contribution in [2.24, 2.45) is 5.90 Å². The smallest absolute Gasteiger partial charge is 0.357 e. The monoisotopic (exact) mass is 102 g/mol. The van der Waals surface area contributed by atoms with Crippen LogP contribution in [0, 0.1) is 0 Å². The molecule has 0 atom stereocenters. The highest BCUT2D eigenvalue weighted by atomic mass is 16.7. The van der Waals surface area contributed by atoms with Crippen LogP contribution in [0.1, 0.15) is 0 Å². The molecule has 4 nitrogen and oxygen atoms in total. The van der Waals surface area contributed by atoms with Gasteiger partial charge in [0.15, 0.2) is 0 Å². The van der Waals surface area contributed by atoms with E-state index in [2.05, 4.69) is 22.6 Å². The summed E-state index contributed by atoms with van der Waals surface area (Å²) in [4.78, 5) is 13.6. The van der Waals surface area contributed by atoms with Gasteiger partial charge in [0.1, 0.15) is 0 Å². The molecular weight excluding hydrogens is 96.0 g/mol. The minimum absolute atomic E-state index is 0.713. The van der Waals surface area contributed by atoms with E-state index in [-0.39, 0.29) is 0 Å². The van der Waals surface area contributed by atoms with Gasteiger partial charge >= 0.3 is 6.09 Å². The van der Waals surface area contributed by atoms with Crippen molar-refractivity contribution in [3.8, 4) is 0 Å². The molecule has 0 unspecified atom stereocenters. The first-order chi connectivity index (χ1) is 3.31. The molecule has 0 spiro atoms. The standard InChI is InChI=1S/C3H6N2O2/c1-2-5-3(6)7-4/h2H,1,4H2,(H,5,6). The zero-order valence-corrected chi connectivity index (χ0v) is 3.68. The Balaban J connectivity index is 3.17. The number of amides is 1. The second kappa shape index (κ2) is 3.17. The lowest BCUT2D eigenvalue weighted by molar-refractivity contribution is 0.152. The quantitative estimate of drug-likeness (QED) is 0.448. The molecule has 0 heterocycles. The van der Waals surface area contributed by atoms with Crippen LogP contribution in [-0.2, 0) is 4.84 Å². The molecular formula is C3H6N2O2. The van der Waals surface area contributed by atoms with Gasteiger partial charge in [0, 0.05) is 0 Å². The zero-order chi connectivity index (χ0) is 5.70. The van der Waals surface area contributed by atoms with Crippen molar-refractivity contribution in [2.45, 2.75) is 0 Å². The average molecular weight is 102 g/mol. The van der Waals surface area contributed by atoms with Crippen LogP contribution < -0.4 is 11.2 Å². The Bertz CT molecular complexity index is 81.0. The molecule has 0 aromatic carbocycles. The van der Waals surface area contributed by atoms with E-state index in [0.29, 0.717) is 0 Å². The molecule has 0 aliphatic rings. The lowest BCUT2D eigenvalue weighted by atomic mass is 11.0. The molecule has 0 saturated carbocycles. The predicted molar refractivity (Wildman–Crippen MR) is 24.0 cm³/mol. The van der Waals surface area contributed by atoms with Crippen molar-refractivity contribution in [1.29, 1.82) is 0 Å². The van der Waals surface area contributed by atoms with Crippen molar-refractivity contribution in [2.75, 3.05) is 0 Å². The summed E-state index contributed by atoms with van der Waals surface area (Å²) in [5, 5.41) is 2.07. The molecule has 1 amide bonds. The summed E-state index contributed by atoms with van der Waals surface area (Å²) in [5.41, 5.74) is 0. The van der Waals surface area contributed by atoms with Crippen molar-refractivity contribution in [1.82, 2.24) is 5.32 Å². The number of carbonyl (C=O) groups excluding carboxylic acids is 1. The minimum atomic E-state index is -0.713. The van der Waals surface area contributed by atoms with Crippen LogP contribution in [0.25, 0.3) is 0 Å². The number of hydrogen-bond donors (Lipinski definition) is 2. The van der Waals surface area contributed by atoms with Gasteiger partial charge in [-0.15, -0.1) is 0 Å². The largest absolute Gasteiger partial charge is 0.429 e. The summed E-state index contributed by atoms with van der Waals surface area (Å²) in [5.74, 6) is 4.40. The Hall–Kier alpha value is -1.03. The summed E-state index contributed by atoms with van der Waals surface area (Å²) in [6, 6.07) is 0. The molecule has 0 aliphatic carbocycles. The third-order valence-electron chi connectivity index (χ3n) is 0.327. The van der Waals surface area contributed by atoms with Crippen LogP contribution in [-0.4, -0.2) is 6.09 Å². The maximum absolute atomic E-state index is 9.88. The summed E-state index contributed by atoms with van der Waals surface area (Å²) in [7, 11) is 0. The SMILES string of the molecule is C=CNC(=O)ON. The van der Waals surface area contributed by atoms with Crippen LogP contribution in [0.3, 0.4) is 0 Å². The van der Waals surface area contributed by atoms with E-state index in [1.54, 1.807) is 0 Å². The van der Waals surface area contributed by atoms with Gasteiger partial charge in [0.25, 0.3) is 0 Å². The van der Waals surface area contributed by atoms with Crippen LogP contribution in [0.4, 0.5) is 4.79 Å². The third kappa shape index (κ3) is 2.78. The van der Waals surface area contributed by atoms with E-state index in [1.807, 2.05) is 0 Å². The van der Waals surface area contributed by atoms with E-state index in [4.69, 9.17) is 0 Å². The molecule has 40 valence electrons. The third-order valence-corrected chi connectivity index (χ3v) is 0.327. The minimum Gasteiger partial charge on any atom is -0.357 e. The first-order valence-corrected chi connectivity index (χ1v) is 1.59. The van der Waals surface area contributed by atoms with Crippen LogP contribution in [0.2, 0.25) is 0 Å². The summed E-state index contributed by atoms with van der Waals surface area (Å²) in [6.07, 6.45) is 0.463. The molecule has 4 heteroatoms. The van der Waals surface area contributed by atoms with Gasteiger partial charge < -0.3 is 4.84 Å². The number of nitrogens with two attached hydrogens (primary N) is 1. The van der Waals surface area contributed by atoms with Crippen molar-refractivity contribution in [3.63, 3.8) is 0 Å². The highest BCUT2D eigenvalue weighted by molar-refractivity contribution is 5.67. The predicted octanol–water partition coefficient (Wildman–Crippen LogP) is -0.270. The Morgan fingerprint density at radius 2 is 2.57 bits per heavy atom. The first-order valence-electron chi connectivity index (χ1n) is 1.59. The second-order valence-electron chi connectivity index (χ2n) is 0.754. The van der Waals surface area contributed by atoms with Gasteiger partial charge in [0.2, 0.25) is 0 Å². The number of nitrogens with one attached hydrogen (secondary N) is 1. The molecule has 0 fully saturated rings. The molecule has 0 aromatic rings. The van der Waals surface area contributed by atoms with Crippen molar-refractivity contribution in [3.05, 3.63) is 12.8 Å². The van der Waals surface area contributed by atoms with E-state index in [9.17, 15) is 4.79 Å². The number of carbonyl (C=O) groups is 1. The highest BCUT2D eigenvalue weighted by Crippen LogP contribution is 1.62. The van der Waals surface area contributed by atoms with Gasteiger partial charge in [-0.05, 0) is 6.20 Å². The van der Waals surface area contributed by atoms with Crippen molar-refractivity contribution < 1.29 is 9.63 Å². The van der Waals surface area contributed by atoms with E-state index in [0.717, 1.165) is 0 Å². The van der Waals surface area contributed by atoms with Gasteiger partial charge in [-0.1, -0.05) is 6.58 Å². The molecule has 0 rings (SSSR count). The topological polar surface area (TPSA) is 64.3 Å². The lowest BCUT2D eigenvalue weighted by Gasteiger charge is -1.90. The fraction of sp³-hybridized carbons (Fsp3) is 0. The van der Waals surface area contributed by atoms with Gasteiger partial charge in [0.05, 0.1) is 0 Å². The van der Waals surface area contributed by atoms with Gasteiger partial charge in [-0.25, -0.2) is 4.79 Å². The molecule has 7 heavy (non-hydrogen) atoms. The summed E-state index contributed by atoms with van der Waals surface area (Å²) >= 11 is 0. The average Bonchev–Trinajstić information content (AvgIpc) is 1.68. The number of hydrogen-bond acceptors (Lipinski definition) is 3. The Morgan fingerprint density at radius 3 is 2.71 bits per heavy atom. The Labute approximate surface area is 40.9 Å². The van der Waals surface area contributed by atoms with Crippen LogP contribution >= 0.6 is 0 Å². The molecule has 0 aliphatic heterocycles. The van der Waals surface area contributed by atoms with Gasteiger partial charge in [-0.3, -0.25) is 5.32 Å². The summed E-state index contributed by atoms with van der Waals surface area (Å²) < 4.78 is 0. The Morgan fingerprint density at radius 1 is 2.00 bits per heavy atom. The fourth-order valence-electron chi connectivity index (χ4n) is 0.117. The normalized spacial score (nSPS) is 7.00. The van der Waals surface area contributed by atoms with Gasteiger partial charge in [-0.2, -0.15) is 5.90 Å². The number of rotatable bonds is 1. The highest BCUT2D eigenvalue weighted by Gasteiger charge is 1.88. The summed E-state index contributed by atoms with van der Waals surface area (Å²) in [6.45, 7) is 3.18. The molecule has 3 N–H and O–H groups in total. The maximum Gasteiger partial charge on any atom is 0.429 e. The van der Waals surface area contributed by atoms with E-state index >= 15 is 0 Å². The van der Waals surface area contributed by atoms with Crippen LogP contribution in [0.5, 0.6) is 0 Å². The molecule has 0 radical (unpaired) electrons. The zero-order valence-electron chi connectivity index (χ0n) is 3.68.